The molecule has 0 rings (SSSR count). The van der Waals surface area contributed by atoms with Crippen molar-refractivity contribution in [2.24, 2.45) is 11.8 Å². The maximum atomic E-state index is 12.5. The minimum absolute atomic E-state index is 0.0507. The van der Waals surface area contributed by atoms with Gasteiger partial charge in [-0.1, -0.05) is 48.5 Å². The molecular formula is C17H36O3Si. The molecule has 0 saturated carbocycles. The van der Waals surface area contributed by atoms with E-state index in [2.05, 4.69) is 47.7 Å². The zero-order valence-electron chi connectivity index (χ0n) is 15.5. The molecule has 0 aromatic rings. The van der Waals surface area contributed by atoms with Crippen LogP contribution in [0.1, 0.15) is 61.3 Å². The fraction of sp³-hybridized carbons (Fsp3) is 0.941. The maximum absolute atomic E-state index is 12.5. The molecule has 0 aromatic carbocycles. The van der Waals surface area contributed by atoms with Crippen molar-refractivity contribution in [3.63, 3.8) is 0 Å². The molecule has 0 unspecified atom stereocenters. The van der Waals surface area contributed by atoms with Gasteiger partial charge in [0, 0.05) is 6.42 Å². The van der Waals surface area contributed by atoms with Gasteiger partial charge in [0.15, 0.2) is 14.1 Å². The van der Waals surface area contributed by atoms with E-state index >= 15 is 0 Å². The van der Waals surface area contributed by atoms with Crippen LogP contribution in [0.15, 0.2) is 0 Å². The SMILES string of the molecule is CC(C)C[C@H](O[Si](C)(C)C(C)(C)C)C(=O)C[C@@H](O)C(C)C. The lowest BCUT2D eigenvalue weighted by Crippen LogP contribution is -2.47. The van der Waals surface area contributed by atoms with Crippen molar-refractivity contribution in [1.29, 1.82) is 0 Å². The Labute approximate surface area is 132 Å². The van der Waals surface area contributed by atoms with Crippen molar-refractivity contribution >= 4 is 14.1 Å². The third-order valence-electron chi connectivity index (χ3n) is 4.47. The number of ketones is 1. The molecule has 126 valence electrons. The normalized spacial score (nSPS) is 16.4. The van der Waals surface area contributed by atoms with E-state index in [0.717, 1.165) is 6.42 Å². The van der Waals surface area contributed by atoms with Gasteiger partial charge in [-0.15, -0.1) is 0 Å². The number of hydrogen-bond acceptors (Lipinski definition) is 3. The molecule has 0 spiro atoms. The summed E-state index contributed by atoms with van der Waals surface area (Å²) in [4.78, 5) is 12.5. The summed E-state index contributed by atoms with van der Waals surface area (Å²) in [7, 11) is -1.98. The smallest absolute Gasteiger partial charge is 0.193 e. The fourth-order valence-corrected chi connectivity index (χ4v) is 3.07. The molecule has 0 saturated heterocycles. The number of rotatable bonds is 8. The van der Waals surface area contributed by atoms with Gasteiger partial charge in [0.2, 0.25) is 0 Å². The summed E-state index contributed by atoms with van der Waals surface area (Å²) >= 11 is 0. The Hall–Kier alpha value is -0.193. The van der Waals surface area contributed by atoms with Gasteiger partial charge in [-0.3, -0.25) is 4.79 Å². The first-order chi connectivity index (χ1) is 9.28. The van der Waals surface area contributed by atoms with E-state index in [-0.39, 0.29) is 29.3 Å². The van der Waals surface area contributed by atoms with Crippen LogP contribution in [0.3, 0.4) is 0 Å². The zero-order valence-corrected chi connectivity index (χ0v) is 16.5. The molecule has 4 heteroatoms. The largest absolute Gasteiger partial charge is 0.407 e. The molecule has 3 nitrogen and oxygen atoms in total. The second-order valence-electron chi connectivity index (χ2n) is 8.48. The van der Waals surface area contributed by atoms with Crippen LogP contribution in [0.4, 0.5) is 0 Å². The van der Waals surface area contributed by atoms with Crippen LogP contribution < -0.4 is 0 Å². The minimum Gasteiger partial charge on any atom is -0.407 e. The molecule has 0 heterocycles. The van der Waals surface area contributed by atoms with E-state index in [4.69, 9.17) is 4.43 Å². The summed E-state index contributed by atoms with van der Waals surface area (Å²) in [5.74, 6) is 0.552. The molecular weight excluding hydrogens is 280 g/mol. The van der Waals surface area contributed by atoms with Crippen LogP contribution in [0, 0.1) is 11.8 Å². The summed E-state index contributed by atoms with van der Waals surface area (Å²) < 4.78 is 6.33. The van der Waals surface area contributed by atoms with Gasteiger partial charge in [-0.25, -0.2) is 0 Å². The van der Waals surface area contributed by atoms with E-state index < -0.39 is 14.4 Å². The van der Waals surface area contributed by atoms with Gasteiger partial charge >= 0.3 is 0 Å². The van der Waals surface area contributed by atoms with Crippen LogP contribution in [-0.2, 0) is 9.22 Å². The molecule has 0 bridgehead atoms. The average Bonchev–Trinajstić information content (AvgIpc) is 2.25. The highest BCUT2D eigenvalue weighted by Crippen LogP contribution is 2.38. The first kappa shape index (κ1) is 20.8. The quantitative estimate of drug-likeness (QED) is 0.675. The lowest BCUT2D eigenvalue weighted by Gasteiger charge is -2.39. The van der Waals surface area contributed by atoms with E-state index in [1.54, 1.807) is 0 Å². The lowest BCUT2D eigenvalue weighted by atomic mass is 9.96. The van der Waals surface area contributed by atoms with Crippen LogP contribution in [-0.4, -0.2) is 31.4 Å². The second kappa shape index (κ2) is 7.89. The highest BCUT2D eigenvalue weighted by Gasteiger charge is 2.40. The molecule has 2 atom stereocenters. The highest BCUT2D eigenvalue weighted by atomic mass is 28.4. The number of Topliss-reactive ketones (excluding diaryl/α,β-unsaturated/α-hetero) is 1. The van der Waals surface area contributed by atoms with Gasteiger partial charge in [0.25, 0.3) is 0 Å². The van der Waals surface area contributed by atoms with Crippen LogP contribution in [0.2, 0.25) is 18.1 Å². The van der Waals surface area contributed by atoms with Crippen molar-refractivity contribution < 1.29 is 14.3 Å². The Morgan fingerprint density at radius 2 is 1.62 bits per heavy atom. The van der Waals surface area contributed by atoms with Crippen LogP contribution in [0.25, 0.3) is 0 Å². The van der Waals surface area contributed by atoms with Crippen molar-refractivity contribution in [2.75, 3.05) is 0 Å². The molecule has 0 aliphatic carbocycles. The fourth-order valence-electron chi connectivity index (χ4n) is 1.78. The summed E-state index contributed by atoms with van der Waals surface area (Å²) in [6.45, 7) is 19.0. The Balaban J connectivity index is 5.00. The van der Waals surface area contributed by atoms with Gasteiger partial charge < -0.3 is 9.53 Å². The summed E-state index contributed by atoms with van der Waals surface area (Å²) in [6.07, 6.45) is -0.0192. The summed E-state index contributed by atoms with van der Waals surface area (Å²) in [5, 5.41) is 10.1. The third-order valence-corrected chi connectivity index (χ3v) is 8.95. The number of carbonyl (C=O) groups is 1. The van der Waals surface area contributed by atoms with Crippen molar-refractivity contribution in [1.82, 2.24) is 0 Å². The molecule has 0 fully saturated rings. The molecule has 0 amide bonds. The van der Waals surface area contributed by atoms with Gasteiger partial charge in [0.05, 0.1) is 6.10 Å². The minimum atomic E-state index is -1.98. The average molecular weight is 317 g/mol. The molecule has 0 aliphatic rings. The van der Waals surface area contributed by atoms with Crippen molar-refractivity contribution in [2.45, 2.75) is 91.6 Å². The first-order valence-corrected chi connectivity index (χ1v) is 11.1. The molecule has 0 aliphatic heterocycles. The Morgan fingerprint density at radius 1 is 1.14 bits per heavy atom. The number of hydrogen-bond donors (Lipinski definition) is 1. The Morgan fingerprint density at radius 3 is 1.95 bits per heavy atom. The van der Waals surface area contributed by atoms with E-state index in [9.17, 15) is 9.90 Å². The number of aliphatic hydroxyl groups excluding tert-OH is 1. The predicted molar refractivity (Wildman–Crippen MR) is 92.0 cm³/mol. The number of carbonyl (C=O) groups excluding carboxylic acids is 1. The number of aliphatic hydroxyl groups is 1. The van der Waals surface area contributed by atoms with Gasteiger partial charge in [0.1, 0.15) is 6.10 Å². The highest BCUT2D eigenvalue weighted by molar-refractivity contribution is 6.74. The third kappa shape index (κ3) is 7.07. The lowest BCUT2D eigenvalue weighted by molar-refractivity contribution is -0.129. The standard InChI is InChI=1S/C17H36O3Si/c1-12(2)10-16(15(19)11-14(18)13(3)4)20-21(8,9)17(5,6)7/h12-14,16,18H,10-11H2,1-9H3/t14-,16+/m1/s1. The van der Waals surface area contributed by atoms with Gasteiger partial charge in [-0.05, 0) is 36.4 Å². The van der Waals surface area contributed by atoms with E-state index in [1.807, 2.05) is 13.8 Å². The van der Waals surface area contributed by atoms with Crippen molar-refractivity contribution in [3.8, 4) is 0 Å². The van der Waals surface area contributed by atoms with Gasteiger partial charge in [-0.2, -0.15) is 0 Å². The molecule has 1 N–H and O–H groups in total. The predicted octanol–water partition coefficient (Wildman–Crippen LogP) is 4.40. The van der Waals surface area contributed by atoms with E-state index in [1.165, 1.54) is 0 Å². The summed E-state index contributed by atoms with van der Waals surface area (Å²) in [5.41, 5.74) is 0. The zero-order chi connectivity index (χ0) is 17.0. The summed E-state index contributed by atoms with van der Waals surface area (Å²) in [6, 6.07) is 0. The first-order valence-electron chi connectivity index (χ1n) is 8.16. The second-order valence-corrected chi connectivity index (χ2v) is 13.2. The van der Waals surface area contributed by atoms with E-state index in [0.29, 0.717) is 5.92 Å². The monoisotopic (exact) mass is 316 g/mol. The van der Waals surface area contributed by atoms with Crippen LogP contribution in [0.5, 0.6) is 0 Å². The Kier molecular flexibility index (Phi) is 7.81. The molecule has 0 aromatic heterocycles. The topological polar surface area (TPSA) is 46.5 Å². The molecule has 21 heavy (non-hydrogen) atoms. The Bertz CT molecular complexity index is 329. The molecule has 0 radical (unpaired) electrons. The van der Waals surface area contributed by atoms with Crippen LogP contribution >= 0.6 is 0 Å². The van der Waals surface area contributed by atoms with Crippen molar-refractivity contribution in [3.05, 3.63) is 0 Å². The maximum Gasteiger partial charge on any atom is 0.193 e.